The quantitative estimate of drug-likeness (QED) is 0.349. The summed E-state index contributed by atoms with van der Waals surface area (Å²) in [6.45, 7) is 19.2. The molecule has 0 aliphatic heterocycles. The van der Waals surface area contributed by atoms with Gasteiger partial charge in [0.25, 0.3) is 0 Å². The second-order valence-electron chi connectivity index (χ2n) is 11.6. The number of ether oxygens (including phenoxy) is 1. The van der Waals surface area contributed by atoms with E-state index in [9.17, 15) is 4.39 Å². The minimum atomic E-state index is -3.45. The van der Waals surface area contributed by atoms with Gasteiger partial charge in [0.2, 0.25) is 0 Å². The lowest BCUT2D eigenvalue weighted by molar-refractivity contribution is -0.186. The fourth-order valence-electron chi connectivity index (χ4n) is 6.41. The molecule has 1 saturated carbocycles. The third-order valence-corrected chi connectivity index (χ3v) is 9.41. The topological polar surface area (TPSA) is 9.23 Å². The maximum atomic E-state index is 15.9. The summed E-state index contributed by atoms with van der Waals surface area (Å²) in [6.07, 6.45) is 6.40. The van der Waals surface area contributed by atoms with Crippen LogP contribution < -0.4 is 4.74 Å². The third kappa shape index (κ3) is 5.75. The van der Waals surface area contributed by atoms with Crippen LogP contribution in [0.1, 0.15) is 100 Å². The van der Waals surface area contributed by atoms with Crippen molar-refractivity contribution < 1.29 is 17.9 Å². The van der Waals surface area contributed by atoms with Crippen molar-refractivity contribution in [2.45, 2.75) is 107 Å². The molecule has 0 saturated heterocycles. The number of rotatable bonds is 7. The second-order valence-corrected chi connectivity index (χ2v) is 11.6. The van der Waals surface area contributed by atoms with Gasteiger partial charge in [-0.05, 0) is 174 Å². The van der Waals surface area contributed by atoms with E-state index in [0.717, 1.165) is 76.6 Å². The Labute approximate surface area is 228 Å². The fourth-order valence-corrected chi connectivity index (χ4v) is 6.41. The zero-order valence-electron chi connectivity index (χ0n) is 25.0. The predicted molar refractivity (Wildman–Crippen MR) is 154 cm³/mol. The largest absolute Gasteiger partial charge is 0.428 e. The number of alkyl halides is 2. The van der Waals surface area contributed by atoms with Crippen molar-refractivity contribution in [3.05, 3.63) is 79.7 Å². The van der Waals surface area contributed by atoms with Gasteiger partial charge in [0.1, 0.15) is 5.75 Å². The molecule has 1 nitrogen and oxygen atoms in total. The Balaban J connectivity index is 1.96. The van der Waals surface area contributed by atoms with Crippen molar-refractivity contribution in [3.8, 4) is 5.75 Å². The van der Waals surface area contributed by atoms with Crippen LogP contribution in [-0.4, -0.2) is 0 Å². The highest BCUT2D eigenvalue weighted by Crippen LogP contribution is 2.44. The van der Waals surface area contributed by atoms with E-state index in [1.165, 1.54) is 5.57 Å². The lowest BCUT2D eigenvalue weighted by Gasteiger charge is -2.29. The van der Waals surface area contributed by atoms with Gasteiger partial charge in [0, 0.05) is 0 Å². The van der Waals surface area contributed by atoms with Crippen LogP contribution in [0.3, 0.4) is 0 Å². The first kappa shape index (κ1) is 30.1. The van der Waals surface area contributed by atoms with Gasteiger partial charge in [-0.1, -0.05) is 12.2 Å². The van der Waals surface area contributed by atoms with Gasteiger partial charge in [-0.3, -0.25) is 0 Å². The number of halogens is 3. The van der Waals surface area contributed by atoms with Crippen LogP contribution in [0.4, 0.5) is 13.2 Å². The van der Waals surface area contributed by atoms with E-state index in [-0.39, 0.29) is 11.3 Å². The molecule has 208 valence electrons. The number of hydrogen-bond donors (Lipinski definition) is 0. The first-order valence-electron chi connectivity index (χ1n) is 13.9. The highest BCUT2D eigenvalue weighted by atomic mass is 19.3. The van der Waals surface area contributed by atoms with Crippen molar-refractivity contribution in [1.82, 2.24) is 0 Å². The van der Waals surface area contributed by atoms with E-state index in [1.54, 1.807) is 19.9 Å². The summed E-state index contributed by atoms with van der Waals surface area (Å²) in [7, 11) is 0. The number of benzene rings is 2. The molecule has 0 bridgehead atoms. The Hall–Kier alpha value is -2.49. The molecule has 1 aliphatic carbocycles. The Morgan fingerprint density at radius 2 is 1.21 bits per heavy atom. The lowest BCUT2D eigenvalue weighted by Crippen LogP contribution is -2.27. The molecule has 4 heteroatoms. The fraction of sp³-hybridized carbons (Fsp3) is 0.529. The number of hydrogen-bond acceptors (Lipinski definition) is 1. The van der Waals surface area contributed by atoms with Crippen LogP contribution >= 0.6 is 0 Å². The van der Waals surface area contributed by atoms with Gasteiger partial charge in [-0.15, -0.1) is 0 Å². The molecule has 1 aliphatic rings. The highest BCUT2D eigenvalue weighted by molar-refractivity contribution is 5.74. The summed E-state index contributed by atoms with van der Waals surface area (Å²) in [5.74, 6) is 1.32. The molecule has 0 N–H and O–H groups in total. The molecule has 0 spiro atoms. The first-order chi connectivity index (χ1) is 17.7. The highest BCUT2D eigenvalue weighted by Gasteiger charge is 2.40. The summed E-state index contributed by atoms with van der Waals surface area (Å²) < 4.78 is 49.8. The van der Waals surface area contributed by atoms with Gasteiger partial charge in [-0.25, -0.2) is 4.39 Å². The van der Waals surface area contributed by atoms with Gasteiger partial charge in [0.05, 0.1) is 11.9 Å². The van der Waals surface area contributed by atoms with E-state index in [0.29, 0.717) is 29.3 Å². The molecule has 0 aromatic heterocycles. The summed E-state index contributed by atoms with van der Waals surface area (Å²) in [5, 5.41) is 0. The van der Waals surface area contributed by atoms with Crippen LogP contribution in [0.25, 0.3) is 5.57 Å². The lowest BCUT2D eigenvalue weighted by atomic mass is 9.79. The average Bonchev–Trinajstić information content (AvgIpc) is 2.87. The van der Waals surface area contributed by atoms with Crippen LogP contribution in [-0.2, 0) is 6.11 Å². The summed E-state index contributed by atoms with van der Waals surface area (Å²) in [6, 6.07) is 0. The second kappa shape index (κ2) is 11.7. The molecule has 2 aromatic rings. The molecule has 0 radical (unpaired) electrons. The first-order valence-corrected chi connectivity index (χ1v) is 13.9. The molecule has 0 heterocycles. The Morgan fingerprint density at radius 3 is 1.68 bits per heavy atom. The molecule has 3 rings (SSSR count). The van der Waals surface area contributed by atoms with Crippen LogP contribution in [0.5, 0.6) is 5.75 Å². The van der Waals surface area contributed by atoms with Crippen molar-refractivity contribution in [3.63, 3.8) is 0 Å². The molecule has 38 heavy (non-hydrogen) atoms. The summed E-state index contributed by atoms with van der Waals surface area (Å²) in [4.78, 5) is 0. The van der Waals surface area contributed by atoms with Crippen LogP contribution in [0.15, 0.2) is 18.5 Å². The molecule has 2 aromatic carbocycles. The Kier molecular flexibility index (Phi) is 9.27. The molecule has 1 fully saturated rings. The third-order valence-electron chi connectivity index (χ3n) is 9.41. The van der Waals surface area contributed by atoms with E-state index in [4.69, 9.17) is 4.74 Å². The zero-order chi connectivity index (χ0) is 28.5. The van der Waals surface area contributed by atoms with Crippen molar-refractivity contribution in [1.29, 1.82) is 0 Å². The molecular weight excluding hydrogens is 481 g/mol. The van der Waals surface area contributed by atoms with E-state index < -0.39 is 6.11 Å². The Morgan fingerprint density at radius 1 is 0.737 bits per heavy atom. The zero-order valence-corrected chi connectivity index (χ0v) is 25.0. The van der Waals surface area contributed by atoms with Gasteiger partial charge >= 0.3 is 6.11 Å². The van der Waals surface area contributed by atoms with Crippen LogP contribution in [0, 0.1) is 74.1 Å². The van der Waals surface area contributed by atoms with Gasteiger partial charge in [0.15, 0.2) is 0 Å². The van der Waals surface area contributed by atoms with E-state index in [2.05, 4.69) is 13.0 Å². The molecule has 0 atom stereocenters. The van der Waals surface area contributed by atoms with Crippen molar-refractivity contribution >= 4 is 5.57 Å². The Bertz CT molecular complexity index is 1200. The number of allylic oxidation sites excluding steroid dienone is 3. The maximum absolute atomic E-state index is 15.9. The molecular formula is C34H45F3O. The normalized spacial score (nSPS) is 18.9. The minimum Gasteiger partial charge on any atom is -0.428 e. The molecule has 0 unspecified atom stereocenters. The monoisotopic (exact) mass is 526 g/mol. The van der Waals surface area contributed by atoms with E-state index in [1.807, 2.05) is 48.5 Å². The van der Waals surface area contributed by atoms with Gasteiger partial charge < -0.3 is 4.74 Å². The van der Waals surface area contributed by atoms with Gasteiger partial charge in [-0.2, -0.15) is 8.78 Å². The van der Waals surface area contributed by atoms with E-state index >= 15 is 8.78 Å². The van der Waals surface area contributed by atoms with Crippen molar-refractivity contribution in [2.24, 2.45) is 11.8 Å². The maximum Gasteiger partial charge on any atom is 0.427 e. The summed E-state index contributed by atoms with van der Waals surface area (Å²) >= 11 is 0. The standard InChI is InChI=1S/C34H45F3O/c1-19(18-30-15-13-29(14-16-30)12-11-17-35)31-23(5)27(9)33(28(10)24(31)6)38-34(36,37)32-25(7)21(3)20(2)22(4)26(32)8/h11,17-18,29-30H,12-16H2,1-10H3/b17-11+,19-18+. The van der Waals surface area contributed by atoms with Crippen molar-refractivity contribution in [2.75, 3.05) is 0 Å². The minimum absolute atomic E-state index is 0.0232. The smallest absolute Gasteiger partial charge is 0.427 e. The van der Waals surface area contributed by atoms with Crippen LogP contribution in [0.2, 0.25) is 0 Å². The predicted octanol–water partition coefficient (Wildman–Crippen LogP) is 10.7. The summed E-state index contributed by atoms with van der Waals surface area (Å²) in [5.41, 5.74) is 9.78. The molecule has 0 amide bonds. The average molecular weight is 527 g/mol. The SMILES string of the molecule is C/C(=C\C1CCC(C/C=C/F)CC1)c1c(C)c(C)c(OC(F)(F)c2c(C)c(C)c(C)c(C)c2C)c(C)c1C.